The molecule has 4 heteroatoms. The number of likely N-dealkylation sites (tertiary alicyclic amines) is 1. The Morgan fingerprint density at radius 2 is 2.12 bits per heavy atom. The molecule has 2 aliphatic carbocycles. The van der Waals surface area contributed by atoms with E-state index in [0.29, 0.717) is 25.0 Å². The molecule has 0 amide bonds. The summed E-state index contributed by atoms with van der Waals surface area (Å²) in [5.74, 6) is 1.94. The van der Waals surface area contributed by atoms with Crippen LogP contribution in [0.15, 0.2) is 12.1 Å². The van der Waals surface area contributed by atoms with Crippen molar-refractivity contribution < 1.29 is 14.6 Å². The molecule has 2 bridgehead atoms. The van der Waals surface area contributed by atoms with Gasteiger partial charge in [0.1, 0.15) is 18.1 Å². The van der Waals surface area contributed by atoms with Crippen molar-refractivity contribution in [3.05, 3.63) is 23.3 Å². The minimum atomic E-state index is 0.251. The Kier molecular flexibility index (Phi) is 4.21. The predicted molar refractivity (Wildman–Crippen MR) is 93.9 cm³/mol. The Morgan fingerprint density at radius 3 is 2.96 bits per heavy atom. The first-order valence-electron chi connectivity index (χ1n) is 9.34. The van der Waals surface area contributed by atoms with E-state index in [1.807, 2.05) is 6.07 Å². The molecule has 1 saturated heterocycles. The molecule has 1 aromatic carbocycles. The van der Waals surface area contributed by atoms with Crippen LogP contribution in [0.4, 0.5) is 0 Å². The molecule has 3 aliphatic rings. The van der Waals surface area contributed by atoms with Crippen molar-refractivity contribution in [2.24, 2.45) is 5.92 Å². The van der Waals surface area contributed by atoms with Gasteiger partial charge in [0.05, 0.1) is 6.61 Å². The van der Waals surface area contributed by atoms with Crippen LogP contribution >= 0.6 is 0 Å². The van der Waals surface area contributed by atoms with Gasteiger partial charge in [0.25, 0.3) is 0 Å². The maximum absolute atomic E-state index is 10.3. The van der Waals surface area contributed by atoms with Gasteiger partial charge in [-0.1, -0.05) is 12.8 Å². The van der Waals surface area contributed by atoms with Gasteiger partial charge in [0.2, 0.25) is 0 Å². The van der Waals surface area contributed by atoms with Crippen molar-refractivity contribution >= 4 is 0 Å². The van der Waals surface area contributed by atoms with E-state index in [9.17, 15) is 5.11 Å². The van der Waals surface area contributed by atoms with Crippen LogP contribution < -0.4 is 4.74 Å². The molecule has 1 heterocycles. The third-order valence-corrected chi connectivity index (χ3v) is 6.73. The van der Waals surface area contributed by atoms with Gasteiger partial charge in [-0.25, -0.2) is 0 Å². The number of phenols is 1. The fraction of sp³-hybridized carbons (Fsp3) is 0.700. The van der Waals surface area contributed by atoms with E-state index >= 15 is 0 Å². The van der Waals surface area contributed by atoms with Crippen molar-refractivity contribution in [1.82, 2.24) is 4.90 Å². The number of benzene rings is 1. The van der Waals surface area contributed by atoms with Gasteiger partial charge in [0.15, 0.2) is 0 Å². The molecule has 4 nitrogen and oxygen atoms in total. The summed E-state index contributed by atoms with van der Waals surface area (Å²) in [6.07, 6.45) is 7.49. The largest absolute Gasteiger partial charge is 0.508 e. The average Bonchev–Trinajstić information content (AvgIpc) is 2.59. The first-order chi connectivity index (χ1) is 11.7. The molecule has 1 saturated carbocycles. The molecule has 0 spiro atoms. The van der Waals surface area contributed by atoms with E-state index in [4.69, 9.17) is 9.47 Å². The van der Waals surface area contributed by atoms with Crippen LogP contribution in [0.5, 0.6) is 11.5 Å². The van der Waals surface area contributed by atoms with Crippen LogP contribution in [0.1, 0.15) is 43.2 Å². The summed E-state index contributed by atoms with van der Waals surface area (Å²) < 4.78 is 11.1. The molecule has 1 aliphatic heterocycles. The highest BCUT2D eigenvalue weighted by Crippen LogP contribution is 2.57. The highest BCUT2D eigenvalue weighted by molar-refractivity contribution is 5.53. The zero-order valence-corrected chi connectivity index (χ0v) is 14.9. The van der Waals surface area contributed by atoms with Gasteiger partial charge in [-0.15, -0.1) is 0 Å². The Labute approximate surface area is 144 Å². The Hall–Kier alpha value is -1.26. The number of hydrogen-bond donors (Lipinski definition) is 1. The van der Waals surface area contributed by atoms with Crippen molar-refractivity contribution in [1.29, 1.82) is 0 Å². The minimum absolute atomic E-state index is 0.251. The van der Waals surface area contributed by atoms with Crippen LogP contribution in [0, 0.1) is 5.92 Å². The van der Waals surface area contributed by atoms with E-state index in [2.05, 4.69) is 11.9 Å². The van der Waals surface area contributed by atoms with Gasteiger partial charge in [0, 0.05) is 24.6 Å². The molecule has 0 unspecified atom stereocenters. The lowest BCUT2D eigenvalue weighted by molar-refractivity contribution is 0.00185. The predicted octanol–water partition coefficient (Wildman–Crippen LogP) is 3.11. The number of ether oxygens (including phenoxy) is 2. The van der Waals surface area contributed by atoms with Crippen molar-refractivity contribution in [2.45, 2.75) is 50.0 Å². The van der Waals surface area contributed by atoms with Gasteiger partial charge in [-0.2, -0.15) is 0 Å². The highest BCUT2D eigenvalue weighted by atomic mass is 16.5. The lowest BCUT2D eigenvalue weighted by atomic mass is 9.52. The average molecular weight is 331 g/mol. The van der Waals surface area contributed by atoms with Gasteiger partial charge >= 0.3 is 0 Å². The standard InChI is InChI=1S/C20H29NO3/c1-21-8-7-20-6-4-3-5-16(20)18(21)13-15-17(20)11-14(22)12-19(15)24-10-9-23-2/h11-12,16,18,22H,3-10,13H2,1-2H3/t16-,18+,20+/m0/s1. The maximum atomic E-state index is 10.3. The summed E-state index contributed by atoms with van der Waals surface area (Å²) >= 11 is 0. The molecule has 2 fully saturated rings. The van der Waals surface area contributed by atoms with E-state index in [1.165, 1.54) is 43.2 Å². The Morgan fingerprint density at radius 1 is 1.25 bits per heavy atom. The number of nitrogens with zero attached hydrogens (tertiary/aromatic N) is 1. The van der Waals surface area contributed by atoms with Gasteiger partial charge < -0.3 is 19.5 Å². The van der Waals surface area contributed by atoms with E-state index < -0.39 is 0 Å². The van der Waals surface area contributed by atoms with Gasteiger partial charge in [-0.05, 0) is 62.4 Å². The molecule has 24 heavy (non-hydrogen) atoms. The molecule has 0 aromatic heterocycles. The van der Waals surface area contributed by atoms with E-state index in [-0.39, 0.29) is 5.41 Å². The number of aromatic hydroxyl groups is 1. The summed E-state index contributed by atoms with van der Waals surface area (Å²) in [7, 11) is 3.96. The summed E-state index contributed by atoms with van der Waals surface area (Å²) in [6.45, 7) is 2.26. The topological polar surface area (TPSA) is 41.9 Å². The Bertz CT molecular complexity index is 617. The van der Waals surface area contributed by atoms with Crippen LogP contribution in [0.25, 0.3) is 0 Å². The smallest absolute Gasteiger partial charge is 0.126 e. The van der Waals surface area contributed by atoms with Crippen LogP contribution in [0.3, 0.4) is 0 Å². The lowest BCUT2D eigenvalue weighted by Gasteiger charge is -2.58. The lowest BCUT2D eigenvalue weighted by Crippen LogP contribution is -2.59. The highest BCUT2D eigenvalue weighted by Gasteiger charge is 2.53. The number of hydrogen-bond acceptors (Lipinski definition) is 4. The van der Waals surface area contributed by atoms with E-state index in [1.54, 1.807) is 13.2 Å². The zero-order valence-electron chi connectivity index (χ0n) is 14.9. The number of phenolic OH excluding ortho intramolecular Hbond substituents is 1. The summed E-state index contributed by atoms with van der Waals surface area (Å²) in [6, 6.07) is 4.45. The van der Waals surface area contributed by atoms with Crippen LogP contribution in [0.2, 0.25) is 0 Å². The van der Waals surface area contributed by atoms with Crippen molar-refractivity contribution in [3.8, 4) is 11.5 Å². The normalized spacial score (nSPS) is 32.1. The summed E-state index contributed by atoms with van der Waals surface area (Å²) in [5, 5.41) is 10.3. The number of fused-ring (bicyclic) bond motifs is 1. The molecular weight excluding hydrogens is 302 g/mol. The fourth-order valence-corrected chi connectivity index (χ4v) is 5.61. The van der Waals surface area contributed by atoms with Crippen molar-refractivity contribution in [3.63, 3.8) is 0 Å². The quantitative estimate of drug-likeness (QED) is 0.861. The second-order valence-corrected chi connectivity index (χ2v) is 7.82. The molecular formula is C20H29NO3. The molecule has 132 valence electrons. The summed E-state index contributed by atoms with van der Waals surface area (Å²) in [4.78, 5) is 2.56. The van der Waals surface area contributed by atoms with Crippen LogP contribution in [-0.2, 0) is 16.6 Å². The number of methoxy groups -OCH3 is 1. The SMILES string of the molecule is COCCOc1cc(O)cc2c1C[C@@H]1[C@@H]3CCCC[C@]23CCN1C. The molecule has 1 aromatic rings. The maximum Gasteiger partial charge on any atom is 0.126 e. The molecule has 0 radical (unpaired) electrons. The molecule has 3 atom stereocenters. The molecule has 4 rings (SSSR count). The zero-order chi connectivity index (χ0) is 16.7. The van der Waals surface area contributed by atoms with Crippen molar-refractivity contribution in [2.75, 3.05) is 33.9 Å². The number of piperidine rings is 1. The van der Waals surface area contributed by atoms with Gasteiger partial charge in [-0.3, -0.25) is 0 Å². The second kappa shape index (κ2) is 6.23. The number of rotatable bonds is 4. The third-order valence-electron chi connectivity index (χ3n) is 6.73. The molecule has 1 N–H and O–H groups in total. The summed E-state index contributed by atoms with van der Waals surface area (Å²) in [5.41, 5.74) is 2.96. The minimum Gasteiger partial charge on any atom is -0.508 e. The first kappa shape index (κ1) is 16.2. The fourth-order valence-electron chi connectivity index (χ4n) is 5.61. The number of likely N-dealkylation sites (N-methyl/N-ethyl adjacent to an activating group) is 1. The first-order valence-corrected chi connectivity index (χ1v) is 9.34. The monoisotopic (exact) mass is 331 g/mol. The van der Waals surface area contributed by atoms with Crippen LogP contribution in [-0.4, -0.2) is 50.0 Å². The Balaban J connectivity index is 1.79. The third kappa shape index (κ3) is 2.42. The second-order valence-electron chi connectivity index (χ2n) is 7.82. The van der Waals surface area contributed by atoms with E-state index in [0.717, 1.165) is 24.6 Å².